The van der Waals surface area contributed by atoms with Crippen molar-refractivity contribution in [2.45, 2.75) is 32.2 Å². The normalized spacial score (nSPS) is 21.1. The van der Waals surface area contributed by atoms with Gasteiger partial charge < -0.3 is 10.4 Å². The molecular formula is C16H18FNO2. The summed E-state index contributed by atoms with van der Waals surface area (Å²) in [4.78, 5) is 12.1. The van der Waals surface area contributed by atoms with Gasteiger partial charge in [-0.25, -0.2) is 4.39 Å². The highest BCUT2D eigenvalue weighted by Crippen LogP contribution is 2.25. The van der Waals surface area contributed by atoms with Gasteiger partial charge in [-0.1, -0.05) is 25.2 Å². The first-order valence-electron chi connectivity index (χ1n) is 6.82. The fourth-order valence-corrected chi connectivity index (χ4v) is 2.50. The second-order valence-corrected chi connectivity index (χ2v) is 5.14. The Balaban J connectivity index is 2.09. The fourth-order valence-electron chi connectivity index (χ4n) is 2.50. The summed E-state index contributed by atoms with van der Waals surface area (Å²) in [5.74, 6) is 4.57. The number of hydrogen-bond acceptors (Lipinski definition) is 2. The molecule has 0 spiro atoms. The molecule has 1 aliphatic carbocycles. The molecule has 0 heterocycles. The molecule has 1 aliphatic rings. The summed E-state index contributed by atoms with van der Waals surface area (Å²) in [7, 11) is 0. The number of halogens is 1. The maximum Gasteiger partial charge on any atom is 0.251 e. The average Bonchev–Trinajstić information content (AvgIpc) is 2.83. The Morgan fingerprint density at radius 3 is 2.90 bits per heavy atom. The van der Waals surface area contributed by atoms with Gasteiger partial charge in [0, 0.05) is 11.6 Å². The maximum absolute atomic E-state index is 13.8. The molecule has 0 radical (unpaired) electrons. The van der Waals surface area contributed by atoms with E-state index in [0.29, 0.717) is 11.5 Å². The maximum atomic E-state index is 13.8. The first kappa shape index (κ1) is 14.5. The molecule has 0 bridgehead atoms. The van der Waals surface area contributed by atoms with Crippen molar-refractivity contribution in [2.75, 3.05) is 6.61 Å². The zero-order valence-corrected chi connectivity index (χ0v) is 11.4. The number of aliphatic hydroxyl groups is 1. The number of aliphatic hydroxyl groups excluding tert-OH is 1. The van der Waals surface area contributed by atoms with Crippen LogP contribution in [0.1, 0.15) is 42.1 Å². The van der Waals surface area contributed by atoms with E-state index in [1.54, 1.807) is 6.07 Å². The smallest absolute Gasteiger partial charge is 0.251 e. The Hall–Kier alpha value is -1.86. The minimum Gasteiger partial charge on any atom is -0.384 e. The Labute approximate surface area is 118 Å². The number of hydrogen-bond donors (Lipinski definition) is 2. The number of carbonyl (C=O) groups excluding carboxylic acids is 1. The van der Waals surface area contributed by atoms with Gasteiger partial charge in [0.05, 0.1) is 5.56 Å². The van der Waals surface area contributed by atoms with Crippen LogP contribution in [0.2, 0.25) is 0 Å². The number of rotatable bonds is 2. The Bertz CT molecular complexity index is 559. The van der Waals surface area contributed by atoms with Gasteiger partial charge in [-0.15, -0.1) is 0 Å². The topological polar surface area (TPSA) is 49.3 Å². The van der Waals surface area contributed by atoms with E-state index in [9.17, 15) is 9.18 Å². The molecule has 0 aliphatic heterocycles. The Morgan fingerprint density at radius 1 is 1.50 bits per heavy atom. The van der Waals surface area contributed by atoms with Crippen LogP contribution in [-0.2, 0) is 0 Å². The monoisotopic (exact) mass is 275 g/mol. The molecule has 1 fully saturated rings. The van der Waals surface area contributed by atoms with Crippen molar-refractivity contribution in [3.05, 3.63) is 35.1 Å². The fraction of sp³-hybridized carbons (Fsp3) is 0.438. The van der Waals surface area contributed by atoms with Gasteiger partial charge in [-0.05, 0) is 37.0 Å². The van der Waals surface area contributed by atoms with Crippen molar-refractivity contribution in [2.24, 2.45) is 5.92 Å². The molecule has 2 N–H and O–H groups in total. The first-order valence-corrected chi connectivity index (χ1v) is 6.82. The van der Waals surface area contributed by atoms with Gasteiger partial charge in [-0.3, -0.25) is 4.79 Å². The van der Waals surface area contributed by atoms with Crippen molar-refractivity contribution in [3.8, 4) is 11.8 Å². The average molecular weight is 275 g/mol. The van der Waals surface area contributed by atoms with Crippen LogP contribution >= 0.6 is 0 Å². The van der Waals surface area contributed by atoms with Crippen LogP contribution in [0.15, 0.2) is 18.2 Å². The Kier molecular flexibility index (Phi) is 4.75. The van der Waals surface area contributed by atoms with E-state index < -0.39 is 5.82 Å². The van der Waals surface area contributed by atoms with E-state index in [2.05, 4.69) is 24.1 Å². The molecule has 1 amide bonds. The molecule has 106 valence electrons. The predicted molar refractivity (Wildman–Crippen MR) is 74.6 cm³/mol. The highest BCUT2D eigenvalue weighted by molar-refractivity contribution is 5.94. The Morgan fingerprint density at radius 2 is 2.30 bits per heavy atom. The van der Waals surface area contributed by atoms with Crippen molar-refractivity contribution < 1.29 is 14.3 Å². The molecule has 2 unspecified atom stereocenters. The summed E-state index contributed by atoms with van der Waals surface area (Å²) in [5.41, 5.74) is 0.487. The summed E-state index contributed by atoms with van der Waals surface area (Å²) in [6.07, 6.45) is 3.22. The van der Waals surface area contributed by atoms with Crippen molar-refractivity contribution in [3.63, 3.8) is 0 Å². The minimum absolute atomic E-state index is 0.180. The number of amides is 1. The van der Waals surface area contributed by atoms with Crippen LogP contribution in [0.25, 0.3) is 0 Å². The van der Waals surface area contributed by atoms with Crippen LogP contribution in [0.4, 0.5) is 4.39 Å². The van der Waals surface area contributed by atoms with Gasteiger partial charge in [0.1, 0.15) is 12.4 Å². The minimum atomic E-state index is -0.543. The number of carbonyl (C=O) groups is 1. The highest BCUT2D eigenvalue weighted by atomic mass is 19.1. The second kappa shape index (κ2) is 6.53. The number of nitrogens with one attached hydrogen (secondary N) is 1. The molecule has 0 saturated heterocycles. The lowest BCUT2D eigenvalue weighted by Gasteiger charge is -2.17. The summed E-state index contributed by atoms with van der Waals surface area (Å²) in [6.45, 7) is 1.80. The molecule has 1 aromatic rings. The molecule has 20 heavy (non-hydrogen) atoms. The zero-order chi connectivity index (χ0) is 14.5. The van der Waals surface area contributed by atoms with Crippen LogP contribution in [0.3, 0.4) is 0 Å². The van der Waals surface area contributed by atoms with E-state index in [0.717, 1.165) is 19.3 Å². The molecule has 2 rings (SSSR count). The molecular weight excluding hydrogens is 257 g/mol. The van der Waals surface area contributed by atoms with E-state index in [-0.39, 0.29) is 24.1 Å². The zero-order valence-electron chi connectivity index (χ0n) is 11.4. The van der Waals surface area contributed by atoms with E-state index >= 15 is 0 Å². The van der Waals surface area contributed by atoms with Crippen LogP contribution in [-0.4, -0.2) is 23.7 Å². The molecule has 3 nitrogen and oxygen atoms in total. The lowest BCUT2D eigenvalue weighted by Crippen LogP contribution is -2.36. The highest BCUT2D eigenvalue weighted by Gasteiger charge is 2.25. The van der Waals surface area contributed by atoms with Gasteiger partial charge >= 0.3 is 0 Å². The lowest BCUT2D eigenvalue weighted by molar-refractivity contribution is 0.0929. The second-order valence-electron chi connectivity index (χ2n) is 5.14. The lowest BCUT2D eigenvalue weighted by atomic mass is 10.1. The third kappa shape index (κ3) is 3.37. The van der Waals surface area contributed by atoms with Gasteiger partial charge in [0.2, 0.25) is 0 Å². The molecule has 2 atom stereocenters. The summed E-state index contributed by atoms with van der Waals surface area (Å²) >= 11 is 0. The van der Waals surface area contributed by atoms with Crippen LogP contribution in [0.5, 0.6) is 0 Å². The van der Waals surface area contributed by atoms with Crippen molar-refractivity contribution >= 4 is 5.91 Å². The van der Waals surface area contributed by atoms with E-state index in [4.69, 9.17) is 5.11 Å². The number of benzene rings is 1. The first-order chi connectivity index (χ1) is 9.61. The van der Waals surface area contributed by atoms with Crippen molar-refractivity contribution in [1.29, 1.82) is 0 Å². The predicted octanol–water partition coefficient (Wildman–Crippen LogP) is 2.09. The third-order valence-corrected chi connectivity index (χ3v) is 3.71. The molecule has 0 aromatic heterocycles. The standard InChI is InChI=1S/C16H18FNO2/c1-11-4-2-6-15(11)18-16(20)13-8-7-12(5-3-9-19)14(17)10-13/h7-8,10-11,15,19H,2,4,6,9H2,1H3,(H,18,20). The van der Waals surface area contributed by atoms with Gasteiger partial charge in [0.25, 0.3) is 5.91 Å². The summed E-state index contributed by atoms with van der Waals surface area (Å²) in [5, 5.41) is 11.5. The van der Waals surface area contributed by atoms with Gasteiger partial charge in [0.15, 0.2) is 0 Å². The molecule has 1 saturated carbocycles. The van der Waals surface area contributed by atoms with Crippen LogP contribution in [0, 0.1) is 23.6 Å². The molecule has 4 heteroatoms. The SMILES string of the molecule is CC1CCCC1NC(=O)c1ccc(C#CCO)c(F)c1. The molecule has 1 aromatic carbocycles. The van der Waals surface area contributed by atoms with Crippen molar-refractivity contribution in [1.82, 2.24) is 5.32 Å². The summed E-state index contributed by atoms with van der Waals surface area (Å²) in [6, 6.07) is 4.39. The third-order valence-electron chi connectivity index (χ3n) is 3.71. The quantitative estimate of drug-likeness (QED) is 0.812. The largest absolute Gasteiger partial charge is 0.384 e. The van der Waals surface area contributed by atoms with Gasteiger partial charge in [-0.2, -0.15) is 0 Å². The van der Waals surface area contributed by atoms with E-state index in [1.165, 1.54) is 12.1 Å². The van der Waals surface area contributed by atoms with E-state index in [1.807, 2.05) is 0 Å². The summed E-state index contributed by atoms with van der Waals surface area (Å²) < 4.78 is 13.8. The van der Waals surface area contributed by atoms with Crippen LogP contribution < -0.4 is 5.32 Å².